The van der Waals surface area contributed by atoms with Gasteiger partial charge < -0.3 is 20.9 Å². The number of anilines is 2. The molecule has 7 nitrogen and oxygen atoms in total. The highest BCUT2D eigenvalue weighted by molar-refractivity contribution is 5.98. The number of piperidine rings is 1. The van der Waals surface area contributed by atoms with Crippen LogP contribution in [-0.4, -0.2) is 48.3 Å². The first-order valence-electron chi connectivity index (χ1n) is 11.2. The molecule has 1 aliphatic heterocycles. The number of amides is 3. The number of nitrogens with zero attached hydrogens (tertiary/aromatic N) is 1. The predicted octanol–water partition coefficient (Wildman–Crippen LogP) is 3.75. The second-order valence-electron chi connectivity index (χ2n) is 8.66. The molecule has 0 saturated carbocycles. The summed E-state index contributed by atoms with van der Waals surface area (Å²) in [5, 5.41) is 8.69. The fraction of sp³-hybridized carbons (Fsp3) is 0.400. The SMILES string of the molecule is CC1CCN(C(=O)c2ccc(NCC(=O)Nc3cccc(C(=O)NC(C)C)c3)cc2)CC1. The smallest absolute Gasteiger partial charge is 0.253 e. The first-order valence-corrected chi connectivity index (χ1v) is 11.2. The van der Waals surface area contributed by atoms with Crippen LogP contribution < -0.4 is 16.0 Å². The van der Waals surface area contributed by atoms with Gasteiger partial charge in [-0.3, -0.25) is 14.4 Å². The molecule has 1 saturated heterocycles. The van der Waals surface area contributed by atoms with Gasteiger partial charge in [0.1, 0.15) is 0 Å². The first-order chi connectivity index (χ1) is 15.3. The van der Waals surface area contributed by atoms with Gasteiger partial charge in [-0.25, -0.2) is 0 Å². The number of hydrogen-bond donors (Lipinski definition) is 3. The summed E-state index contributed by atoms with van der Waals surface area (Å²) in [6, 6.07) is 14.1. The zero-order chi connectivity index (χ0) is 23.1. The van der Waals surface area contributed by atoms with Crippen LogP contribution in [0.25, 0.3) is 0 Å². The minimum absolute atomic E-state index is 0.0372. The van der Waals surface area contributed by atoms with Crippen LogP contribution in [0.1, 0.15) is 54.3 Å². The van der Waals surface area contributed by atoms with Gasteiger partial charge in [-0.05, 0) is 75.1 Å². The summed E-state index contributed by atoms with van der Waals surface area (Å²) in [7, 11) is 0. The molecule has 0 radical (unpaired) electrons. The predicted molar refractivity (Wildman–Crippen MR) is 127 cm³/mol. The summed E-state index contributed by atoms with van der Waals surface area (Å²) in [6.07, 6.45) is 2.09. The normalized spacial score (nSPS) is 14.2. The van der Waals surface area contributed by atoms with Crippen LogP contribution in [-0.2, 0) is 4.79 Å². The van der Waals surface area contributed by atoms with E-state index < -0.39 is 0 Å². The Hall–Kier alpha value is -3.35. The van der Waals surface area contributed by atoms with Crippen LogP contribution in [0, 0.1) is 5.92 Å². The molecule has 3 amide bonds. The van der Waals surface area contributed by atoms with Crippen LogP contribution in [0.4, 0.5) is 11.4 Å². The van der Waals surface area contributed by atoms with Gasteiger partial charge in [-0.15, -0.1) is 0 Å². The number of hydrogen-bond acceptors (Lipinski definition) is 4. The molecule has 0 aliphatic carbocycles. The molecule has 2 aromatic carbocycles. The van der Waals surface area contributed by atoms with E-state index in [1.807, 2.05) is 30.9 Å². The van der Waals surface area contributed by atoms with Crippen LogP contribution >= 0.6 is 0 Å². The van der Waals surface area contributed by atoms with Gasteiger partial charge in [-0.2, -0.15) is 0 Å². The van der Waals surface area contributed by atoms with Gasteiger partial charge in [-0.1, -0.05) is 13.0 Å². The summed E-state index contributed by atoms with van der Waals surface area (Å²) in [4.78, 5) is 39.0. The molecule has 1 aliphatic rings. The molecule has 1 heterocycles. The fourth-order valence-electron chi connectivity index (χ4n) is 3.60. The van der Waals surface area contributed by atoms with E-state index in [0.29, 0.717) is 22.7 Å². The molecule has 0 bridgehead atoms. The van der Waals surface area contributed by atoms with Crippen molar-refractivity contribution in [3.05, 3.63) is 59.7 Å². The number of nitrogens with one attached hydrogen (secondary N) is 3. The van der Waals surface area contributed by atoms with Crippen molar-refractivity contribution >= 4 is 29.1 Å². The summed E-state index contributed by atoms with van der Waals surface area (Å²) in [5.41, 5.74) is 2.47. The molecular weight excluding hydrogens is 404 g/mol. The van der Waals surface area contributed by atoms with Crippen molar-refractivity contribution < 1.29 is 14.4 Å². The molecular formula is C25H32N4O3. The quantitative estimate of drug-likeness (QED) is 0.617. The molecule has 170 valence electrons. The Balaban J connectivity index is 1.50. The molecule has 0 aromatic heterocycles. The minimum Gasteiger partial charge on any atom is -0.376 e. The number of likely N-dealkylation sites (tertiary alicyclic amines) is 1. The van der Waals surface area contributed by atoms with E-state index in [1.54, 1.807) is 36.4 Å². The van der Waals surface area contributed by atoms with Crippen molar-refractivity contribution in [2.45, 2.75) is 39.7 Å². The monoisotopic (exact) mass is 436 g/mol. The third-order valence-corrected chi connectivity index (χ3v) is 5.48. The minimum atomic E-state index is -0.228. The highest BCUT2D eigenvalue weighted by Gasteiger charge is 2.21. The van der Waals surface area contributed by atoms with Gasteiger partial charge in [0.2, 0.25) is 5.91 Å². The van der Waals surface area contributed by atoms with Crippen LogP contribution in [0.5, 0.6) is 0 Å². The summed E-state index contributed by atoms with van der Waals surface area (Å²) < 4.78 is 0. The molecule has 0 atom stereocenters. The van der Waals surface area contributed by atoms with E-state index in [1.165, 1.54) is 0 Å². The van der Waals surface area contributed by atoms with Crippen molar-refractivity contribution in [1.82, 2.24) is 10.2 Å². The first kappa shape index (κ1) is 23.3. The summed E-state index contributed by atoms with van der Waals surface area (Å²) in [5.74, 6) is 0.330. The van der Waals surface area contributed by atoms with Crippen LogP contribution in [0.15, 0.2) is 48.5 Å². The van der Waals surface area contributed by atoms with Gasteiger partial charge in [0, 0.05) is 41.6 Å². The zero-order valence-electron chi connectivity index (χ0n) is 19.0. The average Bonchev–Trinajstić information content (AvgIpc) is 2.78. The van der Waals surface area contributed by atoms with Crippen molar-refractivity contribution in [3.8, 4) is 0 Å². The molecule has 0 spiro atoms. The summed E-state index contributed by atoms with van der Waals surface area (Å²) in [6.45, 7) is 7.69. The second kappa shape index (κ2) is 10.8. The highest BCUT2D eigenvalue weighted by atomic mass is 16.2. The lowest BCUT2D eigenvalue weighted by atomic mass is 9.98. The maximum Gasteiger partial charge on any atom is 0.253 e. The molecule has 3 rings (SSSR count). The van der Waals surface area contributed by atoms with Gasteiger partial charge in [0.25, 0.3) is 11.8 Å². The third-order valence-electron chi connectivity index (χ3n) is 5.48. The van der Waals surface area contributed by atoms with E-state index in [0.717, 1.165) is 31.6 Å². The lowest BCUT2D eigenvalue weighted by Gasteiger charge is -2.30. The third kappa shape index (κ3) is 6.57. The molecule has 3 N–H and O–H groups in total. The zero-order valence-corrected chi connectivity index (χ0v) is 19.0. The van der Waals surface area contributed by atoms with Gasteiger partial charge in [0.05, 0.1) is 6.54 Å². The fourth-order valence-corrected chi connectivity index (χ4v) is 3.60. The number of carbonyl (C=O) groups is 3. The lowest BCUT2D eigenvalue weighted by Crippen LogP contribution is -2.37. The summed E-state index contributed by atoms with van der Waals surface area (Å²) >= 11 is 0. The van der Waals surface area contributed by atoms with Crippen LogP contribution in [0.3, 0.4) is 0 Å². The van der Waals surface area contributed by atoms with E-state index >= 15 is 0 Å². The Bertz CT molecular complexity index is 948. The molecule has 2 aromatic rings. The average molecular weight is 437 g/mol. The number of carbonyl (C=O) groups excluding carboxylic acids is 3. The van der Waals surface area contributed by atoms with Crippen molar-refractivity contribution in [3.63, 3.8) is 0 Å². The highest BCUT2D eigenvalue weighted by Crippen LogP contribution is 2.19. The van der Waals surface area contributed by atoms with E-state index in [4.69, 9.17) is 0 Å². The Labute approximate surface area is 189 Å². The van der Waals surface area contributed by atoms with E-state index in [-0.39, 0.29) is 30.3 Å². The lowest BCUT2D eigenvalue weighted by molar-refractivity contribution is -0.114. The van der Waals surface area contributed by atoms with Crippen LogP contribution in [0.2, 0.25) is 0 Å². The molecule has 32 heavy (non-hydrogen) atoms. The largest absolute Gasteiger partial charge is 0.376 e. The van der Waals surface area contributed by atoms with E-state index in [2.05, 4.69) is 22.9 Å². The Kier molecular flexibility index (Phi) is 7.87. The topological polar surface area (TPSA) is 90.5 Å². The molecule has 7 heteroatoms. The standard InChI is InChI=1S/C25H32N4O3/c1-17(2)27-24(31)20-5-4-6-22(15-20)28-23(30)16-26-21-9-7-19(8-10-21)25(32)29-13-11-18(3)12-14-29/h4-10,15,17-18,26H,11-14,16H2,1-3H3,(H,27,31)(H,28,30). The maximum absolute atomic E-state index is 12.6. The van der Waals surface area contributed by atoms with E-state index in [9.17, 15) is 14.4 Å². The van der Waals surface area contributed by atoms with Crippen molar-refractivity contribution in [2.75, 3.05) is 30.3 Å². The molecule has 1 fully saturated rings. The number of benzene rings is 2. The van der Waals surface area contributed by atoms with Crippen molar-refractivity contribution in [2.24, 2.45) is 5.92 Å². The van der Waals surface area contributed by atoms with Crippen molar-refractivity contribution in [1.29, 1.82) is 0 Å². The Morgan fingerprint density at radius 1 is 0.969 bits per heavy atom. The Morgan fingerprint density at radius 2 is 1.66 bits per heavy atom. The van der Waals surface area contributed by atoms with Gasteiger partial charge in [0.15, 0.2) is 0 Å². The molecule has 0 unspecified atom stereocenters. The van der Waals surface area contributed by atoms with Gasteiger partial charge >= 0.3 is 0 Å². The second-order valence-corrected chi connectivity index (χ2v) is 8.66. The maximum atomic E-state index is 12.6. The Morgan fingerprint density at radius 3 is 2.31 bits per heavy atom. The number of rotatable bonds is 7.